The van der Waals surface area contributed by atoms with Gasteiger partial charge in [0.1, 0.15) is 18.1 Å². The Kier molecular flexibility index (Phi) is 7.67. The van der Waals surface area contributed by atoms with Gasteiger partial charge in [-0.2, -0.15) is 0 Å². The zero-order valence-electron chi connectivity index (χ0n) is 20.8. The lowest BCUT2D eigenvalue weighted by Crippen LogP contribution is -2.31. The van der Waals surface area contributed by atoms with Crippen LogP contribution in [0.2, 0.25) is 5.02 Å². The number of nitrogens with one attached hydrogen (secondary N) is 1. The van der Waals surface area contributed by atoms with E-state index in [1.807, 2.05) is 54.4 Å². The predicted octanol–water partition coefficient (Wildman–Crippen LogP) is 6.67. The fourth-order valence-corrected chi connectivity index (χ4v) is 6.11. The maximum Gasteiger partial charge on any atom is 0.339 e. The summed E-state index contributed by atoms with van der Waals surface area (Å²) in [5.41, 5.74) is 3.74. The Hall–Kier alpha value is -3.76. The van der Waals surface area contributed by atoms with Crippen molar-refractivity contribution in [3.63, 3.8) is 0 Å². The van der Waals surface area contributed by atoms with Gasteiger partial charge in [-0.1, -0.05) is 60.1 Å². The molecule has 0 aromatic heterocycles. The van der Waals surface area contributed by atoms with Crippen LogP contribution in [-0.4, -0.2) is 40.1 Å². The molecule has 3 N–H and O–H groups in total. The molecule has 1 aliphatic heterocycles. The molecule has 198 valence electrons. The zero-order chi connectivity index (χ0) is 27.7. The quantitative estimate of drug-likeness (QED) is 0.246. The van der Waals surface area contributed by atoms with Crippen molar-refractivity contribution in [2.45, 2.75) is 12.6 Å². The second-order valence-electron chi connectivity index (χ2n) is 9.21. The number of aliphatic hydroxyl groups excluding tert-OH is 1. The number of halogens is 2. The number of aliphatic carboxylic acids is 1. The van der Waals surface area contributed by atoms with E-state index < -0.39 is 5.97 Å². The molecule has 2 atom stereocenters. The number of benzene rings is 3. The van der Waals surface area contributed by atoms with E-state index in [4.69, 9.17) is 16.3 Å². The molecule has 0 saturated carbocycles. The second kappa shape index (κ2) is 11.2. The highest BCUT2D eigenvalue weighted by Gasteiger charge is 2.40. The number of hydrogen-bond donors (Lipinski definition) is 3. The van der Waals surface area contributed by atoms with Crippen LogP contribution < -0.4 is 10.1 Å². The molecule has 0 bridgehead atoms. The van der Waals surface area contributed by atoms with E-state index in [9.17, 15) is 19.8 Å². The molecule has 1 amide bonds. The van der Waals surface area contributed by atoms with Gasteiger partial charge in [-0.05, 0) is 64.1 Å². The number of likely N-dealkylation sites (N-methyl/N-ethyl adjacent to an activating group) is 1. The average molecular weight is 655 g/mol. The van der Waals surface area contributed by atoms with Gasteiger partial charge in [0.15, 0.2) is 0 Å². The summed E-state index contributed by atoms with van der Waals surface area (Å²) in [4.78, 5) is 26.5. The summed E-state index contributed by atoms with van der Waals surface area (Å²) in [6.07, 6.45) is 3.17. The van der Waals surface area contributed by atoms with Crippen LogP contribution in [0.3, 0.4) is 0 Å². The van der Waals surface area contributed by atoms with E-state index in [0.29, 0.717) is 28.6 Å². The van der Waals surface area contributed by atoms with Crippen LogP contribution >= 0.6 is 34.2 Å². The molecule has 1 heterocycles. The minimum absolute atomic E-state index is 0.0945. The maximum atomic E-state index is 13.0. The topological polar surface area (TPSA) is 99.1 Å². The number of ether oxygens (including phenoxy) is 1. The molecule has 39 heavy (non-hydrogen) atoms. The lowest BCUT2D eigenvalue weighted by atomic mass is 9.91. The second-order valence-corrected chi connectivity index (χ2v) is 10.8. The number of rotatable bonds is 7. The number of carbonyl (C=O) groups is 2. The number of carboxylic acids is 1. The molecule has 0 radical (unpaired) electrons. The Morgan fingerprint density at radius 3 is 2.46 bits per heavy atom. The third kappa shape index (κ3) is 5.53. The molecule has 9 heteroatoms. The van der Waals surface area contributed by atoms with Crippen molar-refractivity contribution in [2.75, 3.05) is 12.4 Å². The summed E-state index contributed by atoms with van der Waals surface area (Å²) in [6.45, 7) is 0.354. The highest BCUT2D eigenvalue weighted by Crippen LogP contribution is 2.46. The molecule has 0 saturated heterocycles. The largest absolute Gasteiger partial charge is 0.507 e. The number of carbonyl (C=O) groups excluding carboxylic acids is 1. The Labute approximate surface area is 244 Å². The van der Waals surface area contributed by atoms with Gasteiger partial charge in [0.25, 0.3) is 5.91 Å². The van der Waals surface area contributed by atoms with Crippen molar-refractivity contribution >= 4 is 57.5 Å². The summed E-state index contributed by atoms with van der Waals surface area (Å²) < 4.78 is 6.82. The van der Waals surface area contributed by atoms with Gasteiger partial charge in [-0.15, -0.1) is 0 Å². The van der Waals surface area contributed by atoms with Gasteiger partial charge in [0.05, 0.1) is 22.3 Å². The first-order chi connectivity index (χ1) is 18.7. The fraction of sp³-hybridized carbons (Fsp3) is 0.133. The van der Waals surface area contributed by atoms with Crippen molar-refractivity contribution < 1.29 is 24.5 Å². The van der Waals surface area contributed by atoms with E-state index in [2.05, 4.69) is 27.9 Å². The molecule has 0 fully saturated rings. The smallest absolute Gasteiger partial charge is 0.339 e. The van der Waals surface area contributed by atoms with Crippen LogP contribution in [0.4, 0.5) is 5.69 Å². The first-order valence-corrected chi connectivity index (χ1v) is 13.6. The van der Waals surface area contributed by atoms with Gasteiger partial charge in [-0.3, -0.25) is 4.79 Å². The standard InChI is InChI=1S/C30H24ClIN2O5/c1-34-24-15-25(35)22(30(37)38)14-21(24)27(32)28(34)18-7-9-19(10-8-18)29(36)33-20-11-12-23(31)26(13-20)39-16-17-5-3-2-4-6-17/h2-15,21,24,35H,16H2,1H3,(H,33,36)(H,37,38). The van der Waals surface area contributed by atoms with Crippen molar-refractivity contribution in [3.05, 3.63) is 122 Å². The van der Waals surface area contributed by atoms with E-state index in [0.717, 1.165) is 20.4 Å². The predicted molar refractivity (Wildman–Crippen MR) is 159 cm³/mol. The van der Waals surface area contributed by atoms with Gasteiger partial charge < -0.3 is 25.2 Å². The zero-order valence-corrected chi connectivity index (χ0v) is 23.7. The number of hydrogen-bond acceptors (Lipinski definition) is 5. The minimum atomic E-state index is -1.16. The fourth-order valence-electron chi connectivity index (χ4n) is 4.70. The van der Waals surface area contributed by atoms with Crippen molar-refractivity contribution in [3.8, 4) is 5.75 Å². The Balaban J connectivity index is 1.30. The van der Waals surface area contributed by atoms with Crippen LogP contribution in [-0.2, 0) is 11.4 Å². The van der Waals surface area contributed by atoms with E-state index >= 15 is 0 Å². The lowest BCUT2D eigenvalue weighted by Gasteiger charge is -2.28. The molecule has 1 aliphatic carbocycles. The Bertz CT molecular complexity index is 1530. The maximum absolute atomic E-state index is 13.0. The molecular formula is C30H24ClIN2O5. The normalized spacial score (nSPS) is 18.3. The number of aliphatic hydroxyl groups is 1. The Morgan fingerprint density at radius 1 is 1.05 bits per heavy atom. The van der Waals surface area contributed by atoms with Crippen LogP contribution in [0.5, 0.6) is 5.75 Å². The van der Waals surface area contributed by atoms with Crippen molar-refractivity contribution in [1.29, 1.82) is 0 Å². The summed E-state index contributed by atoms with van der Waals surface area (Å²) in [7, 11) is 1.90. The van der Waals surface area contributed by atoms with Crippen LogP contribution in [0.25, 0.3) is 5.70 Å². The molecule has 5 rings (SSSR count). The number of nitrogens with zero attached hydrogens (tertiary/aromatic N) is 1. The monoisotopic (exact) mass is 654 g/mol. The van der Waals surface area contributed by atoms with Crippen molar-refractivity contribution in [1.82, 2.24) is 4.90 Å². The molecular weight excluding hydrogens is 631 g/mol. The first kappa shape index (κ1) is 26.8. The number of anilines is 1. The van der Waals surface area contributed by atoms with Gasteiger partial charge >= 0.3 is 5.97 Å². The van der Waals surface area contributed by atoms with Gasteiger partial charge in [0, 0.05) is 33.9 Å². The van der Waals surface area contributed by atoms with Crippen LogP contribution in [0, 0.1) is 5.92 Å². The molecule has 2 unspecified atom stereocenters. The molecule has 0 spiro atoms. The molecule has 2 aliphatic rings. The van der Waals surface area contributed by atoms with Gasteiger partial charge in [0.2, 0.25) is 0 Å². The number of carboxylic acid groups (broad SMARTS) is 1. The van der Waals surface area contributed by atoms with Crippen molar-refractivity contribution in [2.24, 2.45) is 5.92 Å². The third-order valence-corrected chi connectivity index (χ3v) is 8.26. The average Bonchev–Trinajstić information content (AvgIpc) is 3.17. The molecule has 3 aromatic rings. The van der Waals surface area contributed by atoms with E-state index in [1.165, 1.54) is 0 Å². The summed E-state index contributed by atoms with van der Waals surface area (Å²) in [6, 6.07) is 21.8. The van der Waals surface area contributed by atoms with Crippen LogP contribution in [0.15, 0.2) is 99.9 Å². The number of fused-ring (bicyclic) bond motifs is 1. The Morgan fingerprint density at radius 2 is 1.77 bits per heavy atom. The molecule has 7 nitrogen and oxygen atoms in total. The highest BCUT2D eigenvalue weighted by molar-refractivity contribution is 14.1. The third-order valence-electron chi connectivity index (χ3n) is 6.71. The minimum Gasteiger partial charge on any atom is -0.507 e. The van der Waals surface area contributed by atoms with Gasteiger partial charge in [-0.25, -0.2) is 4.79 Å². The summed E-state index contributed by atoms with van der Waals surface area (Å²) >= 11 is 8.53. The highest BCUT2D eigenvalue weighted by atomic mass is 127. The first-order valence-electron chi connectivity index (χ1n) is 12.1. The van der Waals surface area contributed by atoms with E-state index in [1.54, 1.807) is 42.5 Å². The van der Waals surface area contributed by atoms with Crippen LogP contribution in [0.1, 0.15) is 21.5 Å². The van der Waals surface area contributed by atoms with E-state index in [-0.39, 0.29) is 29.2 Å². The summed E-state index contributed by atoms with van der Waals surface area (Å²) in [5, 5.41) is 22.9. The molecule has 3 aromatic carbocycles. The summed E-state index contributed by atoms with van der Waals surface area (Å²) in [5.74, 6) is -1.38. The lowest BCUT2D eigenvalue weighted by molar-refractivity contribution is -0.132. The number of amides is 1. The SMILES string of the molecule is CN1C(c2ccc(C(=O)Nc3ccc(Cl)c(OCc4ccccc4)c3)cc2)=C(I)C2C=C(C(=O)O)C(O)=CC21.